The topological polar surface area (TPSA) is 92.3 Å². The minimum atomic E-state index is -4.06. The molecule has 0 bridgehead atoms. The maximum atomic E-state index is 13.1. The maximum Gasteiger partial charge on any atom is 0.242 e. The smallest absolute Gasteiger partial charge is 0.213 e. The number of benzene rings is 1. The van der Waals surface area contributed by atoms with Gasteiger partial charge in [0.25, 0.3) is 0 Å². The van der Waals surface area contributed by atoms with Gasteiger partial charge in [0.2, 0.25) is 20.0 Å². The molecule has 0 heterocycles. The molecule has 0 aliphatic heterocycles. The minimum Gasteiger partial charge on any atom is -0.213 e. The van der Waals surface area contributed by atoms with Gasteiger partial charge in [0.15, 0.2) is 0 Å². The molecular formula is C11H16ClFN2O4S2. The molecule has 0 aliphatic carbocycles. The summed E-state index contributed by atoms with van der Waals surface area (Å²) in [6, 6.07) is 2.96. The van der Waals surface area contributed by atoms with E-state index in [1.165, 1.54) is 13.8 Å². The largest absolute Gasteiger partial charge is 0.242 e. The van der Waals surface area contributed by atoms with Crippen molar-refractivity contribution in [1.82, 2.24) is 9.44 Å². The number of hydrogen-bond acceptors (Lipinski definition) is 4. The van der Waals surface area contributed by atoms with E-state index >= 15 is 0 Å². The van der Waals surface area contributed by atoms with Gasteiger partial charge in [-0.15, -0.1) is 0 Å². The first-order valence-corrected chi connectivity index (χ1v) is 9.51. The molecule has 0 aliphatic rings. The Morgan fingerprint density at radius 1 is 1.24 bits per heavy atom. The molecule has 0 spiro atoms. The van der Waals surface area contributed by atoms with Crippen LogP contribution in [0.3, 0.4) is 0 Å². The Morgan fingerprint density at radius 2 is 1.81 bits per heavy atom. The van der Waals surface area contributed by atoms with Crippen molar-refractivity contribution >= 4 is 31.6 Å². The van der Waals surface area contributed by atoms with Crippen LogP contribution in [0.2, 0.25) is 5.02 Å². The summed E-state index contributed by atoms with van der Waals surface area (Å²) in [6.07, 6.45) is 0.965. The predicted molar refractivity (Wildman–Crippen MR) is 78.7 cm³/mol. The fourth-order valence-electron chi connectivity index (χ4n) is 1.57. The van der Waals surface area contributed by atoms with E-state index in [-0.39, 0.29) is 11.6 Å². The van der Waals surface area contributed by atoms with Crippen LogP contribution in [-0.2, 0) is 20.0 Å². The van der Waals surface area contributed by atoms with Gasteiger partial charge in [-0.05, 0) is 32.0 Å². The number of halogens is 2. The highest BCUT2D eigenvalue weighted by Gasteiger charge is 2.26. The monoisotopic (exact) mass is 358 g/mol. The Labute approximate surface area is 128 Å². The van der Waals surface area contributed by atoms with Gasteiger partial charge >= 0.3 is 0 Å². The van der Waals surface area contributed by atoms with Gasteiger partial charge in [-0.25, -0.2) is 30.7 Å². The highest BCUT2D eigenvalue weighted by Crippen LogP contribution is 2.22. The van der Waals surface area contributed by atoms with Crippen LogP contribution in [0.25, 0.3) is 0 Å². The molecule has 1 aromatic carbocycles. The third-order valence-electron chi connectivity index (χ3n) is 2.35. The second-order valence-corrected chi connectivity index (χ2v) is 9.05. The molecule has 6 nitrogen and oxygen atoms in total. The zero-order chi connectivity index (χ0) is 16.5. The van der Waals surface area contributed by atoms with Gasteiger partial charge in [0.05, 0.1) is 11.3 Å². The summed E-state index contributed by atoms with van der Waals surface area (Å²) in [7, 11) is -7.56. The lowest BCUT2D eigenvalue weighted by atomic mass is 10.1. The molecule has 0 atom stereocenters. The van der Waals surface area contributed by atoms with Crippen LogP contribution in [0.15, 0.2) is 23.1 Å². The van der Waals surface area contributed by atoms with Crippen LogP contribution in [0.4, 0.5) is 4.39 Å². The Balaban J connectivity index is 2.94. The third kappa shape index (κ3) is 5.87. The summed E-state index contributed by atoms with van der Waals surface area (Å²) in [4.78, 5) is -0.403. The lowest BCUT2D eigenvalue weighted by Crippen LogP contribution is -2.50. The Morgan fingerprint density at radius 3 is 2.33 bits per heavy atom. The molecule has 1 aromatic rings. The molecule has 0 radical (unpaired) electrons. The van der Waals surface area contributed by atoms with Crippen molar-refractivity contribution in [2.75, 3.05) is 12.8 Å². The summed E-state index contributed by atoms with van der Waals surface area (Å²) < 4.78 is 64.1. The van der Waals surface area contributed by atoms with E-state index in [9.17, 15) is 21.2 Å². The third-order valence-corrected chi connectivity index (χ3v) is 5.15. The number of hydrogen-bond donors (Lipinski definition) is 2. The van der Waals surface area contributed by atoms with Gasteiger partial charge in [0.1, 0.15) is 10.7 Å². The van der Waals surface area contributed by atoms with Gasteiger partial charge in [-0.1, -0.05) is 11.6 Å². The first kappa shape index (κ1) is 18.3. The highest BCUT2D eigenvalue weighted by molar-refractivity contribution is 7.89. The Kier molecular flexibility index (Phi) is 5.38. The molecule has 10 heteroatoms. The summed E-state index contributed by atoms with van der Waals surface area (Å²) in [6.45, 7) is 2.78. The van der Waals surface area contributed by atoms with Crippen LogP contribution < -0.4 is 9.44 Å². The summed E-state index contributed by atoms with van der Waals surface area (Å²) in [5, 5.41) is -0.127. The molecule has 2 N–H and O–H groups in total. The zero-order valence-corrected chi connectivity index (χ0v) is 14.0. The van der Waals surface area contributed by atoms with E-state index in [0.717, 1.165) is 24.5 Å². The molecule has 21 heavy (non-hydrogen) atoms. The predicted octanol–water partition coefficient (Wildman–Crippen LogP) is 1.09. The summed E-state index contributed by atoms with van der Waals surface area (Å²) in [5.74, 6) is -0.742. The van der Waals surface area contributed by atoms with Crippen LogP contribution >= 0.6 is 11.6 Å². The average molecular weight is 359 g/mol. The molecule has 0 fully saturated rings. The van der Waals surface area contributed by atoms with E-state index in [4.69, 9.17) is 11.6 Å². The molecule has 0 saturated carbocycles. The van der Waals surface area contributed by atoms with E-state index < -0.39 is 36.3 Å². The SMILES string of the molecule is CC(C)(CNS(=O)(=O)c1cc(F)ccc1Cl)NS(C)(=O)=O. The molecule has 1 rings (SSSR count). The van der Waals surface area contributed by atoms with E-state index in [2.05, 4.69) is 9.44 Å². The van der Waals surface area contributed by atoms with Gasteiger partial charge in [-0.2, -0.15) is 0 Å². The van der Waals surface area contributed by atoms with Gasteiger partial charge < -0.3 is 0 Å². The lowest BCUT2D eigenvalue weighted by Gasteiger charge is -2.25. The molecule has 0 amide bonds. The Hall–Kier alpha value is -0.740. The molecule has 0 unspecified atom stereocenters. The number of nitrogens with one attached hydrogen (secondary N) is 2. The first-order chi connectivity index (χ1) is 9.32. The second kappa shape index (κ2) is 6.17. The lowest BCUT2D eigenvalue weighted by molar-refractivity contribution is 0.446. The van der Waals surface area contributed by atoms with Crippen molar-refractivity contribution in [2.45, 2.75) is 24.3 Å². The number of sulfonamides is 2. The van der Waals surface area contributed by atoms with E-state index in [1.807, 2.05) is 0 Å². The van der Waals surface area contributed by atoms with E-state index in [1.54, 1.807) is 0 Å². The van der Waals surface area contributed by atoms with Crippen LogP contribution in [0, 0.1) is 5.82 Å². The van der Waals surface area contributed by atoms with Crippen molar-refractivity contribution in [3.63, 3.8) is 0 Å². The summed E-state index contributed by atoms with van der Waals surface area (Å²) in [5.41, 5.74) is -1.06. The van der Waals surface area contributed by atoms with Crippen LogP contribution in [0.1, 0.15) is 13.8 Å². The molecule has 0 saturated heterocycles. The normalized spacial score (nSPS) is 13.4. The zero-order valence-electron chi connectivity index (χ0n) is 11.6. The van der Waals surface area contributed by atoms with Gasteiger partial charge in [0, 0.05) is 12.1 Å². The van der Waals surface area contributed by atoms with Gasteiger partial charge in [-0.3, -0.25) is 0 Å². The standard InChI is InChI=1S/C11H16ClFN2O4S2/c1-11(2,15-20(3,16)17)7-14-21(18,19)10-6-8(13)4-5-9(10)12/h4-6,14-15H,7H2,1-3H3. The maximum absolute atomic E-state index is 13.1. The second-order valence-electron chi connectivity index (χ2n) is 5.16. The van der Waals surface area contributed by atoms with Crippen molar-refractivity contribution in [3.05, 3.63) is 29.0 Å². The minimum absolute atomic E-state index is 0.127. The fraction of sp³-hybridized carbons (Fsp3) is 0.455. The fourth-order valence-corrected chi connectivity index (χ4v) is 4.37. The van der Waals surface area contributed by atoms with Crippen molar-refractivity contribution in [3.8, 4) is 0 Å². The highest BCUT2D eigenvalue weighted by atomic mass is 35.5. The molecular weight excluding hydrogens is 343 g/mol. The van der Waals surface area contributed by atoms with Crippen molar-refractivity contribution < 1.29 is 21.2 Å². The summed E-state index contributed by atoms with van der Waals surface area (Å²) >= 11 is 5.74. The number of rotatable bonds is 6. The van der Waals surface area contributed by atoms with Crippen LogP contribution in [0.5, 0.6) is 0 Å². The average Bonchev–Trinajstić information content (AvgIpc) is 2.27. The first-order valence-electron chi connectivity index (χ1n) is 5.76. The van der Waals surface area contributed by atoms with Crippen LogP contribution in [-0.4, -0.2) is 35.2 Å². The Bertz CT molecular complexity index is 733. The quantitative estimate of drug-likeness (QED) is 0.796. The van der Waals surface area contributed by atoms with E-state index in [0.29, 0.717) is 0 Å². The molecule has 0 aromatic heterocycles. The molecule has 120 valence electrons. The van der Waals surface area contributed by atoms with Crippen molar-refractivity contribution in [1.29, 1.82) is 0 Å². The van der Waals surface area contributed by atoms with Crippen molar-refractivity contribution in [2.24, 2.45) is 0 Å².